The molecular formula is C17H13N5O2S. The maximum Gasteiger partial charge on any atom is 0.325 e. The van der Waals surface area contributed by atoms with Crippen LogP contribution in [0.2, 0.25) is 0 Å². The summed E-state index contributed by atoms with van der Waals surface area (Å²) < 4.78 is 2.45. The molecule has 3 N–H and O–H groups in total. The molecule has 8 heteroatoms. The highest BCUT2D eigenvalue weighted by Gasteiger charge is 2.13. The minimum absolute atomic E-state index is 0.187. The smallest absolute Gasteiger partial charge is 0.325 e. The van der Waals surface area contributed by atoms with Crippen molar-refractivity contribution in [1.82, 2.24) is 19.7 Å². The number of hydrogen-bond donors (Lipinski definition) is 2. The minimum atomic E-state index is -0.944. The zero-order valence-electron chi connectivity index (χ0n) is 13.0. The van der Waals surface area contributed by atoms with Gasteiger partial charge in [-0.05, 0) is 18.2 Å². The summed E-state index contributed by atoms with van der Waals surface area (Å²) in [6, 6.07) is 9.79. The summed E-state index contributed by atoms with van der Waals surface area (Å²) in [5, 5.41) is 13.7. The fourth-order valence-corrected chi connectivity index (χ4v) is 3.52. The first-order chi connectivity index (χ1) is 12.1. The lowest BCUT2D eigenvalue weighted by Crippen LogP contribution is -2.08. The van der Waals surface area contributed by atoms with Crippen molar-refractivity contribution in [3.05, 3.63) is 48.9 Å². The van der Waals surface area contributed by atoms with E-state index in [1.807, 2.05) is 30.3 Å². The van der Waals surface area contributed by atoms with Crippen LogP contribution >= 0.6 is 11.3 Å². The van der Waals surface area contributed by atoms with E-state index in [0.29, 0.717) is 5.82 Å². The molecule has 0 radical (unpaired) electrons. The number of carboxylic acids is 1. The van der Waals surface area contributed by atoms with Gasteiger partial charge in [-0.1, -0.05) is 12.1 Å². The Morgan fingerprint density at radius 3 is 2.88 bits per heavy atom. The van der Waals surface area contributed by atoms with Crippen LogP contribution < -0.4 is 5.73 Å². The fraction of sp³-hybridized carbons (Fsp3) is 0.0588. The van der Waals surface area contributed by atoms with Crippen molar-refractivity contribution in [2.45, 2.75) is 6.54 Å². The summed E-state index contributed by atoms with van der Waals surface area (Å²) in [5.41, 5.74) is 9.30. The molecule has 0 saturated heterocycles. The zero-order chi connectivity index (χ0) is 17.4. The first-order valence-corrected chi connectivity index (χ1v) is 8.28. The highest BCUT2D eigenvalue weighted by molar-refractivity contribution is 7.21. The Hall–Kier alpha value is -3.26. The number of para-hydroxylation sites is 1. The quantitative estimate of drug-likeness (QED) is 0.585. The largest absolute Gasteiger partial charge is 0.480 e. The summed E-state index contributed by atoms with van der Waals surface area (Å²) in [6.45, 7) is -0.187. The zero-order valence-corrected chi connectivity index (χ0v) is 13.8. The molecule has 4 rings (SSSR count). The number of nitrogen functional groups attached to an aromatic ring is 1. The van der Waals surface area contributed by atoms with Gasteiger partial charge in [-0.15, -0.1) is 11.3 Å². The van der Waals surface area contributed by atoms with Gasteiger partial charge in [0.1, 0.15) is 17.4 Å². The van der Waals surface area contributed by atoms with Crippen LogP contribution in [0, 0.1) is 0 Å². The molecule has 3 aromatic heterocycles. The summed E-state index contributed by atoms with van der Waals surface area (Å²) in [4.78, 5) is 19.7. The topological polar surface area (TPSA) is 107 Å². The first-order valence-electron chi connectivity index (χ1n) is 7.46. The van der Waals surface area contributed by atoms with E-state index in [9.17, 15) is 4.79 Å². The van der Waals surface area contributed by atoms with Crippen molar-refractivity contribution in [1.29, 1.82) is 0 Å². The summed E-state index contributed by atoms with van der Waals surface area (Å²) in [6.07, 6.45) is 4.93. The number of thiazole rings is 1. The van der Waals surface area contributed by atoms with Crippen LogP contribution in [0.25, 0.3) is 31.9 Å². The lowest BCUT2D eigenvalue weighted by Gasteiger charge is -2.04. The number of carbonyl (C=O) groups is 1. The average Bonchev–Trinajstić information content (AvgIpc) is 3.21. The Bertz CT molecular complexity index is 1050. The molecule has 0 amide bonds. The van der Waals surface area contributed by atoms with E-state index in [1.54, 1.807) is 29.9 Å². The van der Waals surface area contributed by atoms with Gasteiger partial charge < -0.3 is 10.8 Å². The number of benzene rings is 1. The van der Waals surface area contributed by atoms with Crippen LogP contribution in [0.15, 0.2) is 48.9 Å². The molecule has 124 valence electrons. The third-order valence-electron chi connectivity index (χ3n) is 3.71. The number of carboxylic acid groups (broad SMARTS) is 1. The van der Waals surface area contributed by atoms with Gasteiger partial charge in [-0.3, -0.25) is 9.48 Å². The van der Waals surface area contributed by atoms with Crippen LogP contribution in [0.3, 0.4) is 0 Å². The SMILES string of the molecule is Nc1ncc(-c2cnn(CC(=O)O)c2)cc1-c1nc2ccccc2s1. The minimum Gasteiger partial charge on any atom is -0.480 e. The fourth-order valence-electron chi connectivity index (χ4n) is 2.53. The monoisotopic (exact) mass is 351 g/mol. The van der Waals surface area contributed by atoms with Crippen molar-refractivity contribution >= 4 is 33.3 Å². The lowest BCUT2D eigenvalue weighted by atomic mass is 10.1. The van der Waals surface area contributed by atoms with Crippen LogP contribution in [-0.2, 0) is 11.3 Å². The standard InChI is InChI=1S/C17H13N5O2S/c18-16-12(17-21-13-3-1-2-4-14(13)25-17)5-10(6-19-16)11-7-20-22(8-11)9-15(23)24/h1-8H,9H2,(H2,18,19)(H,23,24). The maximum absolute atomic E-state index is 10.8. The van der Waals surface area contributed by atoms with Crippen LogP contribution in [0.4, 0.5) is 5.82 Å². The molecule has 7 nitrogen and oxygen atoms in total. The molecule has 0 unspecified atom stereocenters. The number of fused-ring (bicyclic) bond motifs is 1. The van der Waals surface area contributed by atoms with Gasteiger partial charge in [0.15, 0.2) is 0 Å². The van der Waals surface area contributed by atoms with Gasteiger partial charge in [0.25, 0.3) is 0 Å². The second-order valence-corrected chi connectivity index (χ2v) is 6.49. The highest BCUT2D eigenvalue weighted by Crippen LogP contribution is 2.34. The number of rotatable bonds is 4. The van der Waals surface area contributed by atoms with Crippen molar-refractivity contribution in [2.75, 3.05) is 5.73 Å². The van der Waals surface area contributed by atoms with Crippen LogP contribution in [0.1, 0.15) is 0 Å². The number of anilines is 1. The van der Waals surface area contributed by atoms with E-state index >= 15 is 0 Å². The van der Waals surface area contributed by atoms with Gasteiger partial charge in [0.05, 0.1) is 22.0 Å². The van der Waals surface area contributed by atoms with Crippen LogP contribution in [-0.4, -0.2) is 30.8 Å². The van der Waals surface area contributed by atoms with Gasteiger partial charge in [-0.2, -0.15) is 5.10 Å². The second kappa shape index (κ2) is 5.99. The number of aliphatic carboxylic acids is 1. The number of hydrogen-bond acceptors (Lipinski definition) is 6. The lowest BCUT2D eigenvalue weighted by molar-refractivity contribution is -0.137. The third kappa shape index (κ3) is 2.94. The molecule has 4 aromatic rings. The predicted molar refractivity (Wildman–Crippen MR) is 96.1 cm³/mol. The molecule has 0 atom stereocenters. The predicted octanol–water partition coefficient (Wildman–Crippen LogP) is 2.89. The Labute approximate surface area is 146 Å². The van der Waals surface area contributed by atoms with Gasteiger partial charge >= 0.3 is 5.97 Å². The molecule has 0 fully saturated rings. The number of nitrogens with zero attached hydrogens (tertiary/aromatic N) is 4. The maximum atomic E-state index is 10.8. The number of pyridine rings is 1. The highest BCUT2D eigenvalue weighted by atomic mass is 32.1. The first kappa shape index (κ1) is 15.3. The van der Waals surface area contributed by atoms with Gasteiger partial charge in [0, 0.05) is 23.5 Å². The van der Waals surface area contributed by atoms with Crippen molar-refractivity contribution in [3.63, 3.8) is 0 Å². The van der Waals surface area contributed by atoms with E-state index in [0.717, 1.165) is 31.9 Å². The van der Waals surface area contributed by atoms with E-state index in [2.05, 4.69) is 15.1 Å². The Balaban J connectivity index is 1.75. The average molecular weight is 351 g/mol. The van der Waals surface area contributed by atoms with Crippen molar-refractivity contribution < 1.29 is 9.90 Å². The molecule has 25 heavy (non-hydrogen) atoms. The van der Waals surface area contributed by atoms with E-state index in [-0.39, 0.29) is 6.54 Å². The Morgan fingerprint density at radius 1 is 1.24 bits per heavy atom. The van der Waals surface area contributed by atoms with Crippen molar-refractivity contribution in [3.8, 4) is 21.7 Å². The van der Waals surface area contributed by atoms with E-state index in [4.69, 9.17) is 10.8 Å². The molecular weight excluding hydrogens is 338 g/mol. The van der Waals surface area contributed by atoms with E-state index < -0.39 is 5.97 Å². The van der Waals surface area contributed by atoms with Gasteiger partial charge in [-0.25, -0.2) is 9.97 Å². The van der Waals surface area contributed by atoms with E-state index in [1.165, 1.54) is 4.68 Å². The number of nitrogens with two attached hydrogens (primary N) is 1. The summed E-state index contributed by atoms with van der Waals surface area (Å²) >= 11 is 1.55. The second-order valence-electron chi connectivity index (χ2n) is 5.46. The normalized spacial score (nSPS) is 11.0. The van der Waals surface area contributed by atoms with Gasteiger partial charge in [0.2, 0.25) is 0 Å². The number of aromatic nitrogens is 4. The molecule has 0 aliphatic rings. The van der Waals surface area contributed by atoms with Crippen LogP contribution in [0.5, 0.6) is 0 Å². The molecule has 0 bridgehead atoms. The molecule has 0 aliphatic heterocycles. The third-order valence-corrected chi connectivity index (χ3v) is 4.78. The Kier molecular flexibility index (Phi) is 3.66. The molecule has 1 aromatic carbocycles. The molecule has 3 heterocycles. The Morgan fingerprint density at radius 2 is 2.08 bits per heavy atom. The molecule has 0 saturated carbocycles. The summed E-state index contributed by atoms with van der Waals surface area (Å²) in [5.74, 6) is -0.541. The molecule has 0 aliphatic carbocycles. The van der Waals surface area contributed by atoms with Crippen molar-refractivity contribution in [2.24, 2.45) is 0 Å². The molecule has 0 spiro atoms. The summed E-state index contributed by atoms with van der Waals surface area (Å²) in [7, 11) is 0.